The molecule has 1 atom stereocenters. The van der Waals surface area contributed by atoms with Crippen LogP contribution in [0, 0.1) is 0 Å². The molecule has 3 rings (SSSR count). The molecule has 2 fully saturated rings. The van der Waals surface area contributed by atoms with Crippen molar-refractivity contribution in [3.63, 3.8) is 0 Å². The largest absolute Gasteiger partial charge is 0.493 e. The third-order valence-electron chi connectivity index (χ3n) is 3.61. The molecule has 2 aliphatic rings. The maximum Gasteiger partial charge on any atom is 0.410 e. The lowest BCUT2D eigenvalue weighted by Crippen LogP contribution is -2.26. The molecule has 1 heterocycles. The average Bonchev–Trinajstić information content (AvgIpc) is 3.21. The molecule has 1 aromatic carbocycles. The van der Waals surface area contributed by atoms with E-state index >= 15 is 0 Å². The van der Waals surface area contributed by atoms with Gasteiger partial charge in [0.2, 0.25) is 0 Å². The van der Waals surface area contributed by atoms with Crippen LogP contribution in [0.25, 0.3) is 0 Å². The van der Waals surface area contributed by atoms with Crippen molar-refractivity contribution in [1.82, 2.24) is 4.90 Å². The van der Waals surface area contributed by atoms with Gasteiger partial charge in [-0.05, 0) is 30.5 Å². The Morgan fingerprint density at radius 2 is 1.95 bits per heavy atom. The van der Waals surface area contributed by atoms with Gasteiger partial charge in [-0.3, -0.25) is 0 Å². The van der Waals surface area contributed by atoms with E-state index in [4.69, 9.17) is 14.2 Å². The average molecular weight is 263 g/mol. The molecular formula is C14H17NO4. The fourth-order valence-corrected chi connectivity index (χ4v) is 2.39. The maximum absolute atomic E-state index is 11.8. The van der Waals surface area contributed by atoms with E-state index in [0.717, 1.165) is 18.4 Å². The minimum Gasteiger partial charge on any atom is -0.493 e. The molecule has 0 spiro atoms. The Hall–Kier alpha value is -1.91. The molecule has 0 N–H and O–H groups in total. The Balaban J connectivity index is 1.80. The van der Waals surface area contributed by atoms with Crippen molar-refractivity contribution in [2.24, 2.45) is 0 Å². The number of hydrogen-bond acceptors (Lipinski definition) is 4. The van der Waals surface area contributed by atoms with Crippen LogP contribution < -0.4 is 9.47 Å². The number of methoxy groups -OCH3 is 2. The molecular weight excluding hydrogens is 246 g/mol. The van der Waals surface area contributed by atoms with Crippen LogP contribution >= 0.6 is 0 Å². The van der Waals surface area contributed by atoms with Gasteiger partial charge in [-0.2, -0.15) is 0 Å². The van der Waals surface area contributed by atoms with Crippen LogP contribution in [0.4, 0.5) is 4.79 Å². The first-order chi connectivity index (χ1) is 9.22. The summed E-state index contributed by atoms with van der Waals surface area (Å²) in [5, 5.41) is 0. The molecule has 5 heteroatoms. The monoisotopic (exact) mass is 263 g/mol. The van der Waals surface area contributed by atoms with Crippen molar-refractivity contribution < 1.29 is 19.0 Å². The minimum atomic E-state index is -0.215. The Bertz CT molecular complexity index is 498. The van der Waals surface area contributed by atoms with Gasteiger partial charge in [0.1, 0.15) is 6.10 Å². The second-order valence-electron chi connectivity index (χ2n) is 4.87. The minimum absolute atomic E-state index is 0.206. The molecule has 5 nitrogen and oxygen atoms in total. The van der Waals surface area contributed by atoms with Crippen LogP contribution in [0.3, 0.4) is 0 Å². The van der Waals surface area contributed by atoms with Gasteiger partial charge in [0.25, 0.3) is 0 Å². The van der Waals surface area contributed by atoms with E-state index in [-0.39, 0.29) is 12.2 Å². The predicted octanol–water partition coefficient (Wildman–Crippen LogP) is 2.36. The van der Waals surface area contributed by atoms with E-state index in [2.05, 4.69) is 0 Å². The number of benzene rings is 1. The number of ether oxygens (including phenoxy) is 3. The number of amides is 1. The summed E-state index contributed by atoms with van der Waals surface area (Å²) in [6.45, 7) is 0.624. The van der Waals surface area contributed by atoms with Crippen molar-refractivity contribution in [2.45, 2.75) is 25.0 Å². The highest BCUT2D eigenvalue weighted by Crippen LogP contribution is 2.37. The van der Waals surface area contributed by atoms with Gasteiger partial charge >= 0.3 is 6.09 Å². The maximum atomic E-state index is 11.8. The molecule has 1 saturated carbocycles. The van der Waals surface area contributed by atoms with Gasteiger partial charge in [0, 0.05) is 6.04 Å². The fourth-order valence-electron chi connectivity index (χ4n) is 2.39. The molecule has 1 amide bonds. The highest BCUT2D eigenvalue weighted by atomic mass is 16.6. The van der Waals surface area contributed by atoms with E-state index in [0.29, 0.717) is 24.1 Å². The summed E-state index contributed by atoms with van der Waals surface area (Å²) in [7, 11) is 3.20. The van der Waals surface area contributed by atoms with E-state index in [1.807, 2.05) is 23.1 Å². The van der Waals surface area contributed by atoms with Crippen molar-refractivity contribution >= 4 is 6.09 Å². The predicted molar refractivity (Wildman–Crippen MR) is 68.5 cm³/mol. The molecule has 0 bridgehead atoms. The lowest BCUT2D eigenvalue weighted by molar-refractivity contribution is 0.132. The van der Waals surface area contributed by atoms with E-state index in [1.54, 1.807) is 14.2 Å². The first-order valence-electron chi connectivity index (χ1n) is 6.42. The highest BCUT2D eigenvalue weighted by Gasteiger charge is 2.41. The highest BCUT2D eigenvalue weighted by molar-refractivity contribution is 5.71. The van der Waals surface area contributed by atoms with Crippen molar-refractivity contribution in [1.29, 1.82) is 0 Å². The van der Waals surface area contributed by atoms with Gasteiger partial charge in [0.15, 0.2) is 11.5 Å². The number of rotatable bonds is 4. The molecule has 102 valence electrons. The third kappa shape index (κ3) is 2.20. The normalized spacial score (nSPS) is 22.3. The molecule has 1 aliphatic heterocycles. The molecule has 1 aromatic rings. The number of cyclic esters (lactones) is 1. The number of nitrogens with zero attached hydrogens (tertiary/aromatic N) is 1. The quantitative estimate of drug-likeness (QED) is 0.836. The Labute approximate surface area is 112 Å². The third-order valence-corrected chi connectivity index (χ3v) is 3.61. The molecule has 19 heavy (non-hydrogen) atoms. The standard InChI is InChI=1S/C14H17NO4/c1-17-11-6-3-9(7-12(11)18-2)13-8-15(10-4-5-10)14(16)19-13/h3,6-7,10,13H,4-5,8H2,1-2H3. The summed E-state index contributed by atoms with van der Waals surface area (Å²) >= 11 is 0. The van der Waals surface area contributed by atoms with Gasteiger partial charge in [-0.15, -0.1) is 0 Å². The second-order valence-corrected chi connectivity index (χ2v) is 4.87. The number of carbonyl (C=O) groups is 1. The Morgan fingerprint density at radius 3 is 2.58 bits per heavy atom. The first-order valence-corrected chi connectivity index (χ1v) is 6.42. The van der Waals surface area contributed by atoms with Crippen molar-refractivity contribution in [3.05, 3.63) is 23.8 Å². The van der Waals surface area contributed by atoms with E-state index in [9.17, 15) is 4.79 Å². The molecule has 1 unspecified atom stereocenters. The molecule has 1 aliphatic carbocycles. The summed E-state index contributed by atoms with van der Waals surface area (Å²) in [5.41, 5.74) is 0.939. The smallest absolute Gasteiger partial charge is 0.410 e. The van der Waals surface area contributed by atoms with Gasteiger partial charge in [-0.25, -0.2) is 4.79 Å². The topological polar surface area (TPSA) is 48.0 Å². The van der Waals surface area contributed by atoms with Crippen LogP contribution in [-0.4, -0.2) is 37.8 Å². The van der Waals surface area contributed by atoms with Crippen molar-refractivity contribution in [3.8, 4) is 11.5 Å². The SMILES string of the molecule is COc1ccc(C2CN(C3CC3)C(=O)O2)cc1OC. The molecule has 0 radical (unpaired) electrons. The van der Waals surface area contributed by atoms with Crippen LogP contribution in [0.2, 0.25) is 0 Å². The van der Waals surface area contributed by atoms with E-state index < -0.39 is 0 Å². The van der Waals surface area contributed by atoms with E-state index in [1.165, 1.54) is 0 Å². The van der Waals surface area contributed by atoms with Crippen LogP contribution in [0.1, 0.15) is 24.5 Å². The first kappa shape index (κ1) is 12.1. The summed E-state index contributed by atoms with van der Waals surface area (Å²) in [6.07, 6.45) is 1.76. The zero-order valence-corrected chi connectivity index (χ0v) is 11.1. The Kier molecular flexibility index (Phi) is 2.97. The summed E-state index contributed by atoms with van der Waals surface area (Å²) < 4.78 is 15.9. The van der Waals surface area contributed by atoms with Gasteiger partial charge < -0.3 is 19.1 Å². The van der Waals surface area contributed by atoms with Crippen molar-refractivity contribution in [2.75, 3.05) is 20.8 Å². The van der Waals surface area contributed by atoms with Crippen LogP contribution in [0.15, 0.2) is 18.2 Å². The molecule has 1 saturated heterocycles. The summed E-state index contributed by atoms with van der Waals surface area (Å²) in [5.74, 6) is 1.33. The second kappa shape index (κ2) is 4.64. The Morgan fingerprint density at radius 1 is 1.21 bits per heavy atom. The van der Waals surface area contributed by atoms with Gasteiger partial charge in [0.05, 0.1) is 20.8 Å². The fraction of sp³-hybridized carbons (Fsp3) is 0.500. The summed E-state index contributed by atoms with van der Waals surface area (Å²) in [4.78, 5) is 13.6. The van der Waals surface area contributed by atoms with Crippen LogP contribution in [-0.2, 0) is 4.74 Å². The zero-order chi connectivity index (χ0) is 13.4. The zero-order valence-electron chi connectivity index (χ0n) is 11.1. The lowest BCUT2D eigenvalue weighted by atomic mass is 10.1. The number of carbonyl (C=O) groups excluding carboxylic acids is 1. The summed E-state index contributed by atoms with van der Waals surface area (Å²) in [6, 6.07) is 6.00. The van der Waals surface area contributed by atoms with Gasteiger partial charge in [-0.1, -0.05) is 6.07 Å². The number of hydrogen-bond donors (Lipinski definition) is 0. The van der Waals surface area contributed by atoms with Crippen LogP contribution in [0.5, 0.6) is 11.5 Å². The molecule has 0 aromatic heterocycles. The lowest BCUT2D eigenvalue weighted by Gasteiger charge is -2.13.